The van der Waals surface area contributed by atoms with Crippen LogP contribution in [-0.4, -0.2) is 18.6 Å². The van der Waals surface area contributed by atoms with Crippen molar-refractivity contribution in [1.29, 1.82) is 0 Å². The van der Waals surface area contributed by atoms with Crippen LogP contribution in [0.5, 0.6) is 5.75 Å². The van der Waals surface area contributed by atoms with E-state index in [2.05, 4.69) is 5.32 Å². The van der Waals surface area contributed by atoms with Crippen LogP contribution in [0.1, 0.15) is 32.3 Å². The quantitative estimate of drug-likeness (QED) is 0.846. The van der Waals surface area contributed by atoms with E-state index >= 15 is 0 Å². The van der Waals surface area contributed by atoms with E-state index in [4.69, 9.17) is 4.74 Å². The molecule has 0 aliphatic rings. The highest BCUT2D eigenvalue weighted by molar-refractivity contribution is 5.77. The number of aryl methyl sites for hydroxylation is 1. The van der Waals surface area contributed by atoms with Crippen molar-refractivity contribution in [2.24, 2.45) is 0 Å². The van der Waals surface area contributed by atoms with E-state index in [0.29, 0.717) is 0 Å². The first-order valence-corrected chi connectivity index (χ1v) is 6.25. The predicted octanol–water partition coefficient (Wildman–Crippen LogP) is 2.82. The van der Waals surface area contributed by atoms with Gasteiger partial charge in [-0.15, -0.1) is 0 Å². The van der Waals surface area contributed by atoms with Gasteiger partial charge in [-0.25, -0.2) is 4.39 Å². The molecule has 1 rings (SSSR count). The Kier molecular flexibility index (Phi) is 5.62. The minimum absolute atomic E-state index is 0.120. The Balaban J connectivity index is 2.49. The average Bonchev–Trinajstić information content (AvgIpc) is 2.37. The molecule has 1 N–H and O–H groups in total. The molecule has 0 aliphatic carbocycles. The number of carbonyl (C=O) groups excluding carboxylic acids is 1. The molecular formula is C14H20FNO2. The molecule has 3 nitrogen and oxygen atoms in total. The maximum absolute atomic E-state index is 13.4. The zero-order chi connectivity index (χ0) is 13.5. The normalized spacial score (nSPS) is 10.5. The van der Waals surface area contributed by atoms with Crippen LogP contribution in [0.25, 0.3) is 0 Å². The highest BCUT2D eigenvalue weighted by Crippen LogP contribution is 2.18. The molecule has 1 amide bonds. The maximum atomic E-state index is 13.4. The number of nitrogens with one attached hydrogen (secondary N) is 1. The van der Waals surface area contributed by atoms with Gasteiger partial charge in [0, 0.05) is 6.04 Å². The molecule has 0 bridgehead atoms. The van der Waals surface area contributed by atoms with Crippen molar-refractivity contribution in [3.8, 4) is 5.75 Å². The summed E-state index contributed by atoms with van der Waals surface area (Å²) in [6.07, 6.45) is 1.75. The fraction of sp³-hybridized carbons (Fsp3) is 0.500. The summed E-state index contributed by atoms with van der Waals surface area (Å²) < 4.78 is 18.5. The number of hydrogen-bond donors (Lipinski definition) is 1. The van der Waals surface area contributed by atoms with Crippen molar-refractivity contribution in [3.63, 3.8) is 0 Å². The SMILES string of the molecule is CCC(CC)NC(=O)COc1cc(C)ccc1F. The Morgan fingerprint density at radius 1 is 1.39 bits per heavy atom. The van der Waals surface area contributed by atoms with Crippen molar-refractivity contribution in [1.82, 2.24) is 5.32 Å². The van der Waals surface area contributed by atoms with E-state index in [-0.39, 0.29) is 24.3 Å². The Hall–Kier alpha value is -1.58. The van der Waals surface area contributed by atoms with Crippen LogP contribution in [0.15, 0.2) is 18.2 Å². The van der Waals surface area contributed by atoms with Crippen LogP contribution in [0.4, 0.5) is 4.39 Å². The highest BCUT2D eigenvalue weighted by Gasteiger charge is 2.10. The molecule has 18 heavy (non-hydrogen) atoms. The van der Waals surface area contributed by atoms with Crippen LogP contribution in [0.2, 0.25) is 0 Å². The fourth-order valence-electron chi connectivity index (χ4n) is 1.63. The third kappa shape index (κ3) is 4.35. The third-order valence-corrected chi connectivity index (χ3v) is 2.80. The Labute approximate surface area is 107 Å². The second kappa shape index (κ2) is 6.99. The average molecular weight is 253 g/mol. The van der Waals surface area contributed by atoms with Crippen molar-refractivity contribution in [2.75, 3.05) is 6.61 Å². The van der Waals surface area contributed by atoms with Gasteiger partial charge >= 0.3 is 0 Å². The highest BCUT2D eigenvalue weighted by atomic mass is 19.1. The van der Waals surface area contributed by atoms with Gasteiger partial charge in [-0.1, -0.05) is 19.9 Å². The molecule has 1 aromatic rings. The van der Waals surface area contributed by atoms with Gasteiger partial charge in [0.25, 0.3) is 5.91 Å². The molecule has 0 aromatic heterocycles. The van der Waals surface area contributed by atoms with Gasteiger partial charge in [0.15, 0.2) is 18.2 Å². The number of rotatable bonds is 6. The monoisotopic (exact) mass is 253 g/mol. The standard InChI is InChI=1S/C14H20FNO2/c1-4-11(5-2)16-14(17)9-18-13-8-10(3)6-7-12(13)15/h6-8,11H,4-5,9H2,1-3H3,(H,16,17). The zero-order valence-corrected chi connectivity index (χ0v) is 11.1. The van der Waals surface area contributed by atoms with Crippen LogP contribution < -0.4 is 10.1 Å². The molecule has 0 spiro atoms. The Morgan fingerprint density at radius 2 is 2.06 bits per heavy atom. The van der Waals surface area contributed by atoms with Gasteiger partial charge in [-0.05, 0) is 37.5 Å². The summed E-state index contributed by atoms with van der Waals surface area (Å²) >= 11 is 0. The van der Waals surface area contributed by atoms with E-state index in [9.17, 15) is 9.18 Å². The molecule has 100 valence electrons. The second-order valence-electron chi connectivity index (χ2n) is 4.30. The van der Waals surface area contributed by atoms with Gasteiger partial charge in [0.05, 0.1) is 0 Å². The summed E-state index contributed by atoms with van der Waals surface area (Å²) in [5.74, 6) is -0.546. The van der Waals surface area contributed by atoms with Crippen molar-refractivity contribution in [3.05, 3.63) is 29.6 Å². The molecule has 4 heteroatoms. The van der Waals surface area contributed by atoms with Gasteiger partial charge in [0.2, 0.25) is 0 Å². The van der Waals surface area contributed by atoms with Crippen molar-refractivity contribution in [2.45, 2.75) is 39.7 Å². The molecule has 0 saturated carbocycles. The lowest BCUT2D eigenvalue weighted by molar-refractivity contribution is -0.123. The first-order chi connectivity index (χ1) is 8.56. The molecule has 0 saturated heterocycles. The van der Waals surface area contributed by atoms with E-state index in [1.54, 1.807) is 12.1 Å². The van der Waals surface area contributed by atoms with Gasteiger partial charge in [0.1, 0.15) is 0 Å². The number of amides is 1. The Bertz CT molecular complexity index is 403. The smallest absolute Gasteiger partial charge is 0.258 e. The molecule has 0 radical (unpaired) electrons. The lowest BCUT2D eigenvalue weighted by Crippen LogP contribution is -2.37. The van der Waals surface area contributed by atoms with E-state index in [1.165, 1.54) is 6.07 Å². The zero-order valence-electron chi connectivity index (χ0n) is 11.1. The lowest BCUT2D eigenvalue weighted by Gasteiger charge is -2.15. The van der Waals surface area contributed by atoms with Gasteiger partial charge in [-0.3, -0.25) is 4.79 Å². The van der Waals surface area contributed by atoms with E-state index in [0.717, 1.165) is 18.4 Å². The largest absolute Gasteiger partial charge is 0.481 e. The Morgan fingerprint density at radius 3 is 2.67 bits per heavy atom. The minimum atomic E-state index is -0.448. The van der Waals surface area contributed by atoms with E-state index < -0.39 is 5.82 Å². The molecule has 0 fully saturated rings. The fourth-order valence-corrected chi connectivity index (χ4v) is 1.63. The summed E-state index contributed by atoms with van der Waals surface area (Å²) in [4.78, 5) is 11.6. The molecule has 1 aromatic carbocycles. The topological polar surface area (TPSA) is 38.3 Å². The first-order valence-electron chi connectivity index (χ1n) is 6.25. The molecule has 0 heterocycles. The summed E-state index contributed by atoms with van der Waals surface area (Å²) in [6, 6.07) is 4.74. The summed E-state index contributed by atoms with van der Waals surface area (Å²) in [7, 11) is 0. The van der Waals surface area contributed by atoms with Crippen molar-refractivity contribution >= 4 is 5.91 Å². The minimum Gasteiger partial charge on any atom is -0.481 e. The summed E-state index contributed by atoms with van der Waals surface area (Å²) in [5, 5.41) is 2.83. The third-order valence-electron chi connectivity index (χ3n) is 2.80. The van der Waals surface area contributed by atoms with Crippen molar-refractivity contribution < 1.29 is 13.9 Å². The molecule has 0 aliphatic heterocycles. The number of halogens is 1. The van der Waals surface area contributed by atoms with Crippen LogP contribution in [-0.2, 0) is 4.79 Å². The lowest BCUT2D eigenvalue weighted by atomic mass is 10.2. The first kappa shape index (κ1) is 14.5. The summed E-state index contributed by atoms with van der Waals surface area (Å²) in [6.45, 7) is 5.71. The van der Waals surface area contributed by atoms with Crippen LogP contribution >= 0.6 is 0 Å². The summed E-state index contributed by atoms with van der Waals surface area (Å²) in [5.41, 5.74) is 0.895. The number of hydrogen-bond acceptors (Lipinski definition) is 2. The molecule has 0 unspecified atom stereocenters. The number of ether oxygens (including phenoxy) is 1. The number of benzene rings is 1. The number of carbonyl (C=O) groups is 1. The predicted molar refractivity (Wildman–Crippen MR) is 69.1 cm³/mol. The van der Waals surface area contributed by atoms with E-state index in [1.807, 2.05) is 20.8 Å². The van der Waals surface area contributed by atoms with Gasteiger partial charge < -0.3 is 10.1 Å². The molecular weight excluding hydrogens is 233 g/mol. The van der Waals surface area contributed by atoms with Crippen LogP contribution in [0, 0.1) is 12.7 Å². The van der Waals surface area contributed by atoms with Crippen LogP contribution in [0.3, 0.4) is 0 Å². The molecule has 0 atom stereocenters. The van der Waals surface area contributed by atoms with Gasteiger partial charge in [-0.2, -0.15) is 0 Å². The second-order valence-corrected chi connectivity index (χ2v) is 4.30. The maximum Gasteiger partial charge on any atom is 0.258 e.